The standard InChI is InChI=1S/C12H14ClF3N2O/c13-8-11(4-6-19-7-5-11)18-10-3-1-2-9(17-10)12(14,15)16/h1-3H,4-8H2,(H,17,18). The van der Waals surface area contributed by atoms with Crippen molar-refractivity contribution >= 4 is 17.4 Å². The van der Waals surface area contributed by atoms with Crippen LogP contribution >= 0.6 is 11.6 Å². The summed E-state index contributed by atoms with van der Waals surface area (Å²) in [6.07, 6.45) is -3.15. The van der Waals surface area contributed by atoms with Crippen LogP contribution in [-0.4, -0.2) is 29.6 Å². The van der Waals surface area contributed by atoms with Crippen LogP contribution in [-0.2, 0) is 10.9 Å². The molecule has 3 nitrogen and oxygen atoms in total. The molecule has 1 aromatic heterocycles. The van der Waals surface area contributed by atoms with Gasteiger partial charge in [0, 0.05) is 19.1 Å². The molecule has 106 valence electrons. The van der Waals surface area contributed by atoms with Crippen LogP contribution in [0.2, 0.25) is 0 Å². The van der Waals surface area contributed by atoms with Gasteiger partial charge in [0.25, 0.3) is 0 Å². The molecule has 0 spiro atoms. The number of ether oxygens (including phenoxy) is 1. The van der Waals surface area contributed by atoms with Gasteiger partial charge < -0.3 is 10.1 Å². The van der Waals surface area contributed by atoms with E-state index in [1.807, 2.05) is 0 Å². The molecule has 1 N–H and O–H groups in total. The fraction of sp³-hybridized carbons (Fsp3) is 0.583. The van der Waals surface area contributed by atoms with E-state index in [0.29, 0.717) is 31.9 Å². The zero-order valence-corrected chi connectivity index (χ0v) is 10.9. The van der Waals surface area contributed by atoms with Crippen LogP contribution in [0.15, 0.2) is 18.2 Å². The summed E-state index contributed by atoms with van der Waals surface area (Å²) in [5.41, 5.74) is -1.36. The zero-order valence-electron chi connectivity index (χ0n) is 10.1. The van der Waals surface area contributed by atoms with Crippen LogP contribution in [0.25, 0.3) is 0 Å². The van der Waals surface area contributed by atoms with Crippen molar-refractivity contribution in [3.63, 3.8) is 0 Å². The maximum Gasteiger partial charge on any atom is 0.433 e. The molecule has 1 aliphatic rings. The van der Waals surface area contributed by atoms with Crippen LogP contribution in [0.3, 0.4) is 0 Å². The summed E-state index contributed by atoms with van der Waals surface area (Å²) < 4.78 is 43.0. The van der Waals surface area contributed by atoms with Crippen LogP contribution in [0, 0.1) is 0 Å². The first-order chi connectivity index (χ1) is 8.95. The predicted molar refractivity (Wildman–Crippen MR) is 66.4 cm³/mol. The Balaban J connectivity index is 2.18. The number of hydrogen-bond acceptors (Lipinski definition) is 3. The third-order valence-electron chi connectivity index (χ3n) is 3.14. The van der Waals surface area contributed by atoms with Gasteiger partial charge in [0.1, 0.15) is 11.5 Å². The summed E-state index contributed by atoms with van der Waals surface area (Å²) in [7, 11) is 0. The van der Waals surface area contributed by atoms with Crippen molar-refractivity contribution < 1.29 is 17.9 Å². The molecule has 1 saturated heterocycles. The van der Waals surface area contributed by atoms with E-state index in [1.54, 1.807) is 0 Å². The van der Waals surface area contributed by atoms with E-state index in [4.69, 9.17) is 16.3 Å². The molecular weight excluding hydrogens is 281 g/mol. The first-order valence-electron chi connectivity index (χ1n) is 5.91. The molecule has 0 radical (unpaired) electrons. The highest BCUT2D eigenvalue weighted by molar-refractivity contribution is 6.18. The van der Waals surface area contributed by atoms with Crippen molar-refractivity contribution in [1.29, 1.82) is 0 Å². The number of hydrogen-bond donors (Lipinski definition) is 1. The first kappa shape index (κ1) is 14.4. The highest BCUT2D eigenvalue weighted by atomic mass is 35.5. The molecule has 1 fully saturated rings. The van der Waals surface area contributed by atoms with Gasteiger partial charge in [-0.15, -0.1) is 11.6 Å². The summed E-state index contributed by atoms with van der Waals surface area (Å²) in [4.78, 5) is 3.60. The van der Waals surface area contributed by atoms with Gasteiger partial charge in [0.15, 0.2) is 0 Å². The smallest absolute Gasteiger partial charge is 0.381 e. The number of nitrogens with one attached hydrogen (secondary N) is 1. The van der Waals surface area contributed by atoms with E-state index in [-0.39, 0.29) is 5.82 Å². The minimum Gasteiger partial charge on any atom is -0.381 e. The van der Waals surface area contributed by atoms with Gasteiger partial charge in [-0.2, -0.15) is 13.2 Å². The molecule has 0 aromatic carbocycles. The van der Waals surface area contributed by atoms with Crippen LogP contribution in [0.5, 0.6) is 0 Å². The molecule has 0 atom stereocenters. The highest BCUT2D eigenvalue weighted by Gasteiger charge is 2.35. The van der Waals surface area contributed by atoms with Crippen molar-refractivity contribution in [3.05, 3.63) is 23.9 Å². The lowest BCUT2D eigenvalue weighted by Gasteiger charge is -2.36. The molecule has 2 rings (SSSR count). The molecule has 2 heterocycles. The number of rotatable bonds is 3. The Kier molecular flexibility index (Phi) is 4.20. The molecule has 0 amide bonds. The Labute approximate surface area is 114 Å². The minimum absolute atomic E-state index is 0.192. The zero-order chi connectivity index (χ0) is 13.9. The normalized spacial score (nSPS) is 19.2. The number of anilines is 1. The molecule has 0 bridgehead atoms. The third kappa shape index (κ3) is 3.51. The number of alkyl halides is 4. The SMILES string of the molecule is FC(F)(F)c1cccc(NC2(CCl)CCOCC2)n1. The van der Waals surface area contributed by atoms with E-state index in [2.05, 4.69) is 10.3 Å². The molecule has 0 aliphatic carbocycles. The van der Waals surface area contributed by atoms with Crippen LogP contribution in [0.4, 0.5) is 19.0 Å². The van der Waals surface area contributed by atoms with E-state index in [0.717, 1.165) is 6.07 Å². The van der Waals surface area contributed by atoms with E-state index in [9.17, 15) is 13.2 Å². The summed E-state index contributed by atoms with van der Waals surface area (Å²) in [5, 5.41) is 3.03. The highest BCUT2D eigenvalue weighted by Crippen LogP contribution is 2.30. The molecule has 0 saturated carbocycles. The molecule has 1 aliphatic heterocycles. The average molecular weight is 295 g/mol. The number of pyridine rings is 1. The fourth-order valence-corrected chi connectivity index (χ4v) is 2.32. The third-order valence-corrected chi connectivity index (χ3v) is 3.65. The lowest BCUT2D eigenvalue weighted by Crippen LogP contribution is -2.45. The molecule has 7 heteroatoms. The number of halogens is 4. The van der Waals surface area contributed by atoms with Gasteiger partial charge in [-0.05, 0) is 25.0 Å². The van der Waals surface area contributed by atoms with Crippen LogP contribution in [0.1, 0.15) is 18.5 Å². The van der Waals surface area contributed by atoms with Crippen molar-refractivity contribution in [3.8, 4) is 0 Å². The summed E-state index contributed by atoms with van der Waals surface area (Å²) in [6.45, 7) is 1.08. The number of nitrogens with zero attached hydrogens (tertiary/aromatic N) is 1. The average Bonchev–Trinajstić information content (AvgIpc) is 2.39. The van der Waals surface area contributed by atoms with Gasteiger partial charge in [0.05, 0.1) is 5.54 Å². The second-order valence-electron chi connectivity index (χ2n) is 4.56. The van der Waals surface area contributed by atoms with Gasteiger partial charge in [-0.3, -0.25) is 0 Å². The Morgan fingerprint density at radius 2 is 2.00 bits per heavy atom. The van der Waals surface area contributed by atoms with Gasteiger partial charge in [0.2, 0.25) is 0 Å². The van der Waals surface area contributed by atoms with Gasteiger partial charge >= 0.3 is 6.18 Å². The summed E-state index contributed by atoms with van der Waals surface area (Å²) in [6, 6.07) is 3.79. The Bertz CT molecular complexity index is 433. The van der Waals surface area contributed by atoms with Crippen molar-refractivity contribution in [2.75, 3.05) is 24.4 Å². The summed E-state index contributed by atoms with van der Waals surface area (Å²) in [5.74, 6) is 0.492. The first-order valence-corrected chi connectivity index (χ1v) is 6.45. The molecule has 0 unspecified atom stereocenters. The quantitative estimate of drug-likeness (QED) is 0.869. The van der Waals surface area contributed by atoms with Crippen molar-refractivity contribution in [2.24, 2.45) is 0 Å². The van der Waals surface area contributed by atoms with Crippen molar-refractivity contribution in [1.82, 2.24) is 4.98 Å². The van der Waals surface area contributed by atoms with Crippen molar-refractivity contribution in [2.45, 2.75) is 24.6 Å². The topological polar surface area (TPSA) is 34.1 Å². The molecular formula is C12H14ClF3N2O. The Hall–Kier alpha value is -1.01. The fourth-order valence-electron chi connectivity index (χ4n) is 1.99. The minimum atomic E-state index is -4.44. The lowest BCUT2D eigenvalue weighted by molar-refractivity contribution is -0.141. The maximum atomic E-state index is 12.6. The van der Waals surface area contributed by atoms with E-state index >= 15 is 0 Å². The molecule has 1 aromatic rings. The molecule has 19 heavy (non-hydrogen) atoms. The summed E-state index contributed by atoms with van der Waals surface area (Å²) >= 11 is 5.95. The largest absolute Gasteiger partial charge is 0.433 e. The van der Waals surface area contributed by atoms with E-state index in [1.165, 1.54) is 12.1 Å². The van der Waals surface area contributed by atoms with Gasteiger partial charge in [-0.25, -0.2) is 4.98 Å². The monoisotopic (exact) mass is 294 g/mol. The second-order valence-corrected chi connectivity index (χ2v) is 4.82. The second kappa shape index (κ2) is 5.54. The lowest BCUT2D eigenvalue weighted by atomic mass is 9.92. The van der Waals surface area contributed by atoms with Gasteiger partial charge in [-0.1, -0.05) is 6.07 Å². The predicted octanol–water partition coefficient (Wildman–Crippen LogP) is 3.30. The van der Waals surface area contributed by atoms with E-state index < -0.39 is 17.4 Å². The number of aromatic nitrogens is 1. The Morgan fingerprint density at radius 3 is 2.58 bits per heavy atom. The Morgan fingerprint density at radius 1 is 1.32 bits per heavy atom. The van der Waals surface area contributed by atoms with Crippen LogP contribution < -0.4 is 5.32 Å². The maximum absolute atomic E-state index is 12.6.